The van der Waals surface area contributed by atoms with Gasteiger partial charge in [0, 0.05) is 34.3 Å². The van der Waals surface area contributed by atoms with E-state index in [1.807, 2.05) is 44.2 Å². The molecule has 2 aromatic heterocycles. The van der Waals surface area contributed by atoms with Gasteiger partial charge in [0.05, 0.1) is 10.4 Å². The molecule has 5 rings (SSSR count). The number of carbonyl (C=O) groups is 3. The highest BCUT2D eigenvalue weighted by molar-refractivity contribution is 8.18. The first kappa shape index (κ1) is 23.5. The molecular formula is C27H21FN4O3S. The van der Waals surface area contributed by atoms with Gasteiger partial charge in [0.15, 0.2) is 0 Å². The fourth-order valence-corrected chi connectivity index (χ4v) is 5.05. The molecule has 1 aliphatic rings. The van der Waals surface area contributed by atoms with E-state index in [1.54, 1.807) is 12.3 Å². The van der Waals surface area contributed by atoms with Crippen LogP contribution in [-0.4, -0.2) is 38.0 Å². The van der Waals surface area contributed by atoms with Gasteiger partial charge in [-0.25, -0.2) is 4.39 Å². The summed E-state index contributed by atoms with van der Waals surface area (Å²) in [7, 11) is 0. The summed E-state index contributed by atoms with van der Waals surface area (Å²) >= 11 is 0.790. The molecule has 0 aliphatic carbocycles. The number of amides is 3. The fraction of sp³-hybridized carbons (Fsp3) is 0.111. The number of nitrogens with one attached hydrogen (secondary N) is 1. The van der Waals surface area contributed by atoms with Crippen LogP contribution in [0.25, 0.3) is 22.7 Å². The van der Waals surface area contributed by atoms with E-state index in [2.05, 4.69) is 20.9 Å². The predicted molar refractivity (Wildman–Crippen MR) is 138 cm³/mol. The van der Waals surface area contributed by atoms with E-state index >= 15 is 0 Å². The van der Waals surface area contributed by atoms with Crippen molar-refractivity contribution < 1.29 is 18.8 Å². The van der Waals surface area contributed by atoms with Gasteiger partial charge in [0.25, 0.3) is 11.1 Å². The van der Waals surface area contributed by atoms with E-state index in [9.17, 15) is 18.8 Å². The maximum atomic E-state index is 13.4. The average Bonchev–Trinajstić information content (AvgIpc) is 3.27. The van der Waals surface area contributed by atoms with Crippen LogP contribution in [0.2, 0.25) is 0 Å². The van der Waals surface area contributed by atoms with E-state index in [-0.39, 0.29) is 10.6 Å². The third-order valence-electron chi connectivity index (χ3n) is 5.89. The lowest BCUT2D eigenvalue weighted by molar-refractivity contribution is -0.127. The Hall–Kier alpha value is -4.24. The van der Waals surface area contributed by atoms with Gasteiger partial charge in [0.1, 0.15) is 12.4 Å². The number of benzene rings is 2. The SMILES string of the molecule is Cc1cc(/C=C2/SC(=O)N(CC(=O)Nc3cccc(F)c3)C2=O)c(C)n1-c1ccc2ncccc2c1. The second-order valence-corrected chi connectivity index (χ2v) is 9.36. The Balaban J connectivity index is 1.37. The molecule has 1 aliphatic heterocycles. The van der Waals surface area contributed by atoms with Crippen LogP contribution in [0, 0.1) is 19.7 Å². The van der Waals surface area contributed by atoms with Crippen LogP contribution in [0.5, 0.6) is 0 Å². The van der Waals surface area contributed by atoms with E-state index in [4.69, 9.17) is 0 Å². The van der Waals surface area contributed by atoms with Gasteiger partial charge in [0.2, 0.25) is 5.91 Å². The van der Waals surface area contributed by atoms with Crippen molar-refractivity contribution in [3.63, 3.8) is 0 Å². The lowest BCUT2D eigenvalue weighted by Crippen LogP contribution is -2.36. The number of thioether (sulfide) groups is 1. The van der Waals surface area contributed by atoms with Crippen LogP contribution < -0.4 is 5.32 Å². The van der Waals surface area contributed by atoms with E-state index in [1.165, 1.54) is 18.2 Å². The molecule has 0 spiro atoms. The number of aryl methyl sites for hydroxylation is 1. The minimum atomic E-state index is -0.590. The maximum absolute atomic E-state index is 13.4. The number of hydrogen-bond donors (Lipinski definition) is 1. The van der Waals surface area contributed by atoms with Gasteiger partial charge in [-0.3, -0.25) is 24.3 Å². The Bertz CT molecular complexity index is 1580. The number of rotatable bonds is 5. The largest absolute Gasteiger partial charge is 0.324 e. The zero-order chi connectivity index (χ0) is 25.4. The van der Waals surface area contributed by atoms with Crippen molar-refractivity contribution in [1.29, 1.82) is 0 Å². The second-order valence-electron chi connectivity index (χ2n) is 8.37. The molecule has 3 heterocycles. The quantitative estimate of drug-likeness (QED) is 0.368. The summed E-state index contributed by atoms with van der Waals surface area (Å²) in [6.45, 7) is 3.46. The normalized spacial score (nSPS) is 14.8. The number of halogens is 1. The van der Waals surface area contributed by atoms with E-state index in [0.29, 0.717) is 0 Å². The van der Waals surface area contributed by atoms with Gasteiger partial charge < -0.3 is 9.88 Å². The van der Waals surface area contributed by atoms with Crippen molar-refractivity contribution in [3.05, 3.63) is 94.5 Å². The zero-order valence-corrected chi connectivity index (χ0v) is 20.3. The van der Waals surface area contributed by atoms with Crippen molar-refractivity contribution in [1.82, 2.24) is 14.5 Å². The van der Waals surface area contributed by atoms with Gasteiger partial charge in [-0.05, 0) is 85.8 Å². The molecule has 1 saturated heterocycles. The zero-order valence-electron chi connectivity index (χ0n) is 19.5. The Morgan fingerprint density at radius 2 is 1.92 bits per heavy atom. The molecule has 3 amide bonds. The molecule has 7 nitrogen and oxygen atoms in total. The molecule has 9 heteroatoms. The van der Waals surface area contributed by atoms with Crippen LogP contribution in [0.15, 0.2) is 71.8 Å². The lowest BCUT2D eigenvalue weighted by Gasteiger charge is -2.12. The second kappa shape index (κ2) is 9.43. The van der Waals surface area contributed by atoms with Gasteiger partial charge in [-0.2, -0.15) is 0 Å². The first-order valence-corrected chi connectivity index (χ1v) is 12.0. The Kier molecular flexibility index (Phi) is 6.15. The summed E-state index contributed by atoms with van der Waals surface area (Å²) < 4.78 is 15.4. The van der Waals surface area contributed by atoms with Crippen LogP contribution in [0.3, 0.4) is 0 Å². The molecule has 0 unspecified atom stereocenters. The minimum absolute atomic E-state index is 0.238. The highest BCUT2D eigenvalue weighted by Gasteiger charge is 2.36. The van der Waals surface area contributed by atoms with E-state index < -0.39 is 29.4 Å². The number of anilines is 1. The molecule has 180 valence electrons. The van der Waals surface area contributed by atoms with Crippen molar-refractivity contribution in [2.45, 2.75) is 13.8 Å². The molecule has 0 bridgehead atoms. The van der Waals surface area contributed by atoms with Crippen molar-refractivity contribution >= 4 is 51.5 Å². The summed E-state index contributed by atoms with van der Waals surface area (Å²) in [6.07, 6.45) is 3.43. The molecule has 0 atom stereocenters. The van der Waals surface area contributed by atoms with Crippen molar-refractivity contribution in [2.75, 3.05) is 11.9 Å². The first-order chi connectivity index (χ1) is 17.3. The highest BCUT2D eigenvalue weighted by Crippen LogP contribution is 2.34. The number of hydrogen-bond acceptors (Lipinski definition) is 5. The number of fused-ring (bicyclic) bond motifs is 1. The van der Waals surface area contributed by atoms with Gasteiger partial charge in [-0.15, -0.1) is 0 Å². The lowest BCUT2D eigenvalue weighted by atomic mass is 10.2. The topological polar surface area (TPSA) is 84.3 Å². The number of carbonyl (C=O) groups excluding carboxylic acids is 3. The Morgan fingerprint density at radius 3 is 2.72 bits per heavy atom. The Labute approximate surface area is 210 Å². The fourth-order valence-electron chi connectivity index (χ4n) is 4.22. The van der Waals surface area contributed by atoms with Gasteiger partial charge in [-0.1, -0.05) is 12.1 Å². The summed E-state index contributed by atoms with van der Waals surface area (Å²) in [4.78, 5) is 43.3. The number of pyridine rings is 1. The average molecular weight is 501 g/mol. The summed E-state index contributed by atoms with van der Waals surface area (Å²) in [6, 6.07) is 17.2. The van der Waals surface area contributed by atoms with Crippen molar-refractivity contribution in [2.24, 2.45) is 0 Å². The Morgan fingerprint density at radius 1 is 1.08 bits per heavy atom. The van der Waals surface area contributed by atoms with Gasteiger partial charge >= 0.3 is 0 Å². The summed E-state index contributed by atoms with van der Waals surface area (Å²) in [5.41, 5.74) is 4.79. The third kappa shape index (κ3) is 4.52. The molecular weight excluding hydrogens is 479 g/mol. The minimum Gasteiger partial charge on any atom is -0.324 e. The van der Waals surface area contributed by atoms with Crippen LogP contribution in [0.1, 0.15) is 17.0 Å². The predicted octanol–water partition coefficient (Wildman–Crippen LogP) is 5.46. The summed E-state index contributed by atoms with van der Waals surface area (Å²) in [5, 5.41) is 2.99. The van der Waals surface area contributed by atoms with Crippen LogP contribution >= 0.6 is 11.8 Å². The molecule has 0 radical (unpaired) electrons. The summed E-state index contributed by atoms with van der Waals surface area (Å²) in [5.74, 6) is -1.63. The maximum Gasteiger partial charge on any atom is 0.294 e. The van der Waals surface area contributed by atoms with Crippen LogP contribution in [-0.2, 0) is 9.59 Å². The molecule has 2 aromatic carbocycles. The number of aromatic nitrogens is 2. The standard InChI is InChI=1S/C27H21FN4O3S/c1-16-11-19(17(2)32(16)22-8-9-23-18(12-22)5-4-10-29-23)13-24-26(34)31(27(35)36-24)15-25(33)30-21-7-3-6-20(28)14-21/h3-14H,15H2,1-2H3,(H,30,33)/b24-13+. The van der Waals surface area contributed by atoms with Crippen LogP contribution in [0.4, 0.5) is 14.9 Å². The highest BCUT2D eigenvalue weighted by atomic mass is 32.2. The van der Waals surface area contributed by atoms with E-state index in [0.717, 1.165) is 56.3 Å². The monoisotopic (exact) mass is 500 g/mol. The molecule has 1 fully saturated rings. The molecule has 1 N–H and O–H groups in total. The third-order valence-corrected chi connectivity index (χ3v) is 6.79. The molecule has 4 aromatic rings. The molecule has 0 saturated carbocycles. The molecule has 36 heavy (non-hydrogen) atoms. The number of nitrogens with zero attached hydrogens (tertiary/aromatic N) is 3. The smallest absolute Gasteiger partial charge is 0.294 e. The first-order valence-electron chi connectivity index (χ1n) is 11.1. The van der Waals surface area contributed by atoms with Crippen molar-refractivity contribution in [3.8, 4) is 5.69 Å². The number of imide groups is 1.